The highest BCUT2D eigenvalue weighted by Crippen LogP contribution is 2.23. The molecule has 2 heterocycles. The van der Waals surface area contributed by atoms with E-state index in [9.17, 15) is 9.18 Å². The zero-order valence-corrected chi connectivity index (χ0v) is 16.0. The first-order valence-electron chi connectivity index (χ1n) is 9.11. The lowest BCUT2D eigenvalue weighted by molar-refractivity contribution is 0.628. The smallest absolute Gasteiger partial charge is 0.260 e. The van der Waals surface area contributed by atoms with Gasteiger partial charge in [-0.05, 0) is 54.1 Å². The molecule has 0 aliphatic rings. The molecule has 0 saturated carbocycles. The van der Waals surface area contributed by atoms with E-state index >= 15 is 0 Å². The van der Waals surface area contributed by atoms with Crippen LogP contribution in [0.2, 0.25) is 5.02 Å². The molecule has 29 heavy (non-hydrogen) atoms. The minimum absolute atomic E-state index is 0.185. The molecule has 3 aromatic carbocycles. The molecule has 6 heteroatoms. The van der Waals surface area contributed by atoms with Gasteiger partial charge in [-0.25, -0.2) is 13.8 Å². The number of fused-ring (bicyclic) bond motifs is 3. The van der Waals surface area contributed by atoms with Gasteiger partial charge in [0.2, 0.25) is 5.78 Å². The van der Waals surface area contributed by atoms with Gasteiger partial charge in [-0.15, -0.1) is 0 Å². The lowest BCUT2D eigenvalue weighted by Gasteiger charge is -2.08. The summed E-state index contributed by atoms with van der Waals surface area (Å²) in [6, 6.07) is 22.7. The standard InChI is InChI=1S/C23H15ClFN3O/c24-17-5-3-4-15(12-17)14-27-20-6-1-2-7-21(20)28-22(29)13-19(26-23(27)28)16-8-10-18(25)11-9-16/h1-13H,14H2. The Labute approximate surface area is 170 Å². The van der Waals surface area contributed by atoms with Crippen molar-refractivity contribution in [3.8, 4) is 11.3 Å². The Bertz CT molecular complexity index is 1420. The Hall–Kier alpha value is -3.44. The molecular weight excluding hydrogens is 389 g/mol. The Morgan fingerprint density at radius 1 is 0.897 bits per heavy atom. The molecular formula is C23H15ClFN3O. The van der Waals surface area contributed by atoms with Gasteiger partial charge in [0.15, 0.2) is 0 Å². The van der Waals surface area contributed by atoms with E-state index in [1.165, 1.54) is 18.2 Å². The van der Waals surface area contributed by atoms with Crippen LogP contribution in [0.1, 0.15) is 5.56 Å². The van der Waals surface area contributed by atoms with Crippen LogP contribution in [0.25, 0.3) is 28.1 Å². The van der Waals surface area contributed by atoms with E-state index in [2.05, 4.69) is 0 Å². The van der Waals surface area contributed by atoms with Crippen LogP contribution < -0.4 is 5.56 Å². The van der Waals surface area contributed by atoms with Gasteiger partial charge in [0.1, 0.15) is 5.82 Å². The van der Waals surface area contributed by atoms with Gasteiger partial charge in [0.25, 0.3) is 5.56 Å². The first-order valence-corrected chi connectivity index (χ1v) is 9.49. The monoisotopic (exact) mass is 403 g/mol. The third-order valence-electron chi connectivity index (χ3n) is 4.93. The van der Waals surface area contributed by atoms with Gasteiger partial charge in [-0.3, -0.25) is 4.79 Å². The first kappa shape index (κ1) is 17.6. The van der Waals surface area contributed by atoms with Crippen LogP contribution in [0, 0.1) is 5.82 Å². The molecule has 0 unspecified atom stereocenters. The molecule has 0 atom stereocenters. The summed E-state index contributed by atoms with van der Waals surface area (Å²) in [4.78, 5) is 17.8. The Kier molecular flexibility index (Phi) is 4.18. The number of rotatable bonds is 3. The summed E-state index contributed by atoms with van der Waals surface area (Å²) in [6.07, 6.45) is 0. The van der Waals surface area contributed by atoms with E-state index in [-0.39, 0.29) is 11.4 Å². The maximum absolute atomic E-state index is 13.3. The molecule has 0 fully saturated rings. The van der Waals surface area contributed by atoms with Crippen molar-refractivity contribution in [3.05, 3.63) is 106 Å². The fraction of sp³-hybridized carbons (Fsp3) is 0.0435. The lowest BCUT2D eigenvalue weighted by atomic mass is 10.1. The molecule has 0 N–H and O–H groups in total. The predicted molar refractivity (Wildman–Crippen MR) is 113 cm³/mol. The van der Waals surface area contributed by atoms with Crippen LogP contribution in [-0.4, -0.2) is 14.0 Å². The zero-order chi connectivity index (χ0) is 20.0. The molecule has 2 aromatic heterocycles. The van der Waals surface area contributed by atoms with Gasteiger partial charge in [0.05, 0.1) is 23.3 Å². The fourth-order valence-electron chi connectivity index (χ4n) is 3.61. The van der Waals surface area contributed by atoms with Crippen molar-refractivity contribution < 1.29 is 4.39 Å². The molecule has 0 aliphatic heterocycles. The van der Waals surface area contributed by atoms with Crippen LogP contribution >= 0.6 is 11.6 Å². The molecule has 0 bridgehead atoms. The molecule has 4 nitrogen and oxygen atoms in total. The SMILES string of the molecule is O=c1cc(-c2ccc(F)cc2)nc2n(Cc3cccc(Cl)c3)c3ccccc3n12. The van der Waals surface area contributed by atoms with Gasteiger partial charge < -0.3 is 4.57 Å². The van der Waals surface area contributed by atoms with Gasteiger partial charge in [0, 0.05) is 16.7 Å². The second-order valence-electron chi connectivity index (χ2n) is 6.83. The molecule has 142 valence electrons. The predicted octanol–water partition coefficient (Wildman–Crippen LogP) is 5.16. The Balaban J connectivity index is 1.79. The van der Waals surface area contributed by atoms with E-state index in [0.717, 1.165) is 16.6 Å². The quantitative estimate of drug-likeness (QED) is 0.417. The highest BCUT2D eigenvalue weighted by Gasteiger charge is 2.15. The van der Waals surface area contributed by atoms with Crippen molar-refractivity contribution in [2.45, 2.75) is 6.54 Å². The second-order valence-corrected chi connectivity index (χ2v) is 7.26. The van der Waals surface area contributed by atoms with E-state index in [0.29, 0.717) is 28.6 Å². The third kappa shape index (κ3) is 3.09. The molecule has 0 spiro atoms. The average molecular weight is 404 g/mol. The van der Waals surface area contributed by atoms with Gasteiger partial charge in [-0.1, -0.05) is 35.9 Å². The van der Waals surface area contributed by atoms with E-state index in [4.69, 9.17) is 16.6 Å². The number of imidazole rings is 1. The summed E-state index contributed by atoms with van der Waals surface area (Å²) in [7, 11) is 0. The minimum atomic E-state index is -0.332. The van der Waals surface area contributed by atoms with Crippen molar-refractivity contribution in [2.24, 2.45) is 0 Å². The number of hydrogen-bond donors (Lipinski definition) is 0. The highest BCUT2D eigenvalue weighted by molar-refractivity contribution is 6.30. The summed E-state index contributed by atoms with van der Waals surface area (Å²) in [6.45, 7) is 0.511. The van der Waals surface area contributed by atoms with Crippen molar-refractivity contribution in [3.63, 3.8) is 0 Å². The molecule has 5 rings (SSSR count). The van der Waals surface area contributed by atoms with Crippen molar-refractivity contribution >= 4 is 28.4 Å². The summed E-state index contributed by atoms with van der Waals surface area (Å²) in [5.74, 6) is 0.194. The molecule has 0 saturated heterocycles. The van der Waals surface area contributed by atoms with Crippen molar-refractivity contribution in [1.29, 1.82) is 0 Å². The lowest BCUT2D eigenvalue weighted by Crippen LogP contribution is -2.14. The van der Waals surface area contributed by atoms with Crippen molar-refractivity contribution in [2.75, 3.05) is 0 Å². The maximum Gasteiger partial charge on any atom is 0.260 e. The van der Waals surface area contributed by atoms with Crippen LogP contribution in [-0.2, 0) is 6.54 Å². The zero-order valence-electron chi connectivity index (χ0n) is 15.2. The summed E-state index contributed by atoms with van der Waals surface area (Å²) in [5.41, 5.74) is 3.69. The summed E-state index contributed by atoms with van der Waals surface area (Å²) in [5, 5.41) is 0.653. The maximum atomic E-state index is 13.3. The first-order chi connectivity index (χ1) is 14.1. The average Bonchev–Trinajstić information content (AvgIpc) is 3.03. The summed E-state index contributed by atoms with van der Waals surface area (Å²) >= 11 is 6.15. The number of hydrogen-bond acceptors (Lipinski definition) is 2. The number of para-hydroxylation sites is 2. The highest BCUT2D eigenvalue weighted by atomic mass is 35.5. The number of halogens is 2. The third-order valence-corrected chi connectivity index (χ3v) is 5.16. The van der Waals surface area contributed by atoms with E-state index in [1.807, 2.05) is 53.1 Å². The molecule has 0 amide bonds. The Morgan fingerprint density at radius 2 is 1.66 bits per heavy atom. The van der Waals surface area contributed by atoms with Gasteiger partial charge in [-0.2, -0.15) is 0 Å². The summed E-state index contributed by atoms with van der Waals surface area (Å²) < 4.78 is 16.9. The topological polar surface area (TPSA) is 39.3 Å². The van der Waals surface area contributed by atoms with Crippen LogP contribution in [0.15, 0.2) is 83.7 Å². The number of benzene rings is 3. The number of nitrogens with zero attached hydrogens (tertiary/aromatic N) is 3. The van der Waals surface area contributed by atoms with Crippen LogP contribution in [0.3, 0.4) is 0 Å². The van der Waals surface area contributed by atoms with E-state index in [1.54, 1.807) is 16.5 Å². The van der Waals surface area contributed by atoms with Crippen molar-refractivity contribution in [1.82, 2.24) is 14.0 Å². The number of aromatic nitrogens is 3. The van der Waals surface area contributed by atoms with Gasteiger partial charge >= 0.3 is 0 Å². The molecule has 0 radical (unpaired) electrons. The normalized spacial score (nSPS) is 11.4. The largest absolute Gasteiger partial charge is 0.305 e. The Morgan fingerprint density at radius 3 is 2.41 bits per heavy atom. The van der Waals surface area contributed by atoms with E-state index < -0.39 is 0 Å². The van der Waals surface area contributed by atoms with Crippen LogP contribution in [0.5, 0.6) is 0 Å². The second kappa shape index (κ2) is 6.87. The molecule has 0 aliphatic carbocycles. The van der Waals surface area contributed by atoms with Crippen LogP contribution in [0.4, 0.5) is 4.39 Å². The molecule has 5 aromatic rings. The minimum Gasteiger partial charge on any atom is -0.305 e. The fourth-order valence-corrected chi connectivity index (χ4v) is 3.82.